The first-order valence-corrected chi connectivity index (χ1v) is 9.96. The van der Waals surface area contributed by atoms with Gasteiger partial charge in [-0.2, -0.15) is 0 Å². The van der Waals surface area contributed by atoms with Crippen molar-refractivity contribution >= 4 is 21.5 Å². The molecule has 0 bridgehead atoms. The molecular formula is C28H20. The minimum Gasteiger partial charge on any atom is -0.0622 e. The molecule has 0 nitrogen and oxygen atoms in total. The van der Waals surface area contributed by atoms with Gasteiger partial charge in [0.2, 0.25) is 0 Å². The Morgan fingerprint density at radius 2 is 1.32 bits per heavy atom. The molecule has 1 aliphatic rings. The summed E-state index contributed by atoms with van der Waals surface area (Å²) in [5.41, 5.74) is 8.52. The molecule has 0 spiro atoms. The summed E-state index contributed by atoms with van der Waals surface area (Å²) < 4.78 is 0. The van der Waals surface area contributed by atoms with Crippen molar-refractivity contribution in [3.63, 3.8) is 0 Å². The summed E-state index contributed by atoms with van der Waals surface area (Å²) in [7, 11) is 0. The first-order valence-electron chi connectivity index (χ1n) is 9.96. The van der Waals surface area contributed by atoms with E-state index < -0.39 is 0 Å². The number of hydrogen-bond acceptors (Lipinski definition) is 0. The molecule has 0 N–H and O–H groups in total. The maximum absolute atomic E-state index is 2.43. The predicted octanol–water partition coefficient (Wildman–Crippen LogP) is 7.16. The highest BCUT2D eigenvalue weighted by molar-refractivity contribution is 6.16. The molecule has 5 aromatic carbocycles. The molecule has 1 aliphatic carbocycles. The molecule has 0 fully saturated rings. The average molecular weight is 356 g/mol. The van der Waals surface area contributed by atoms with Gasteiger partial charge in [0.1, 0.15) is 0 Å². The first-order chi connectivity index (χ1) is 13.9. The Morgan fingerprint density at radius 1 is 0.571 bits per heavy atom. The maximum atomic E-state index is 2.43. The van der Waals surface area contributed by atoms with Crippen molar-refractivity contribution in [1.29, 1.82) is 0 Å². The van der Waals surface area contributed by atoms with Crippen molar-refractivity contribution in [1.82, 2.24) is 0 Å². The number of fused-ring (bicyclic) bond motifs is 7. The number of benzene rings is 5. The quantitative estimate of drug-likeness (QED) is 0.289. The van der Waals surface area contributed by atoms with E-state index in [2.05, 4.69) is 97.1 Å². The zero-order chi connectivity index (χ0) is 18.5. The summed E-state index contributed by atoms with van der Waals surface area (Å²) in [6.07, 6.45) is 2.02. The van der Waals surface area contributed by atoms with E-state index in [1.54, 1.807) is 0 Å². The minimum absolute atomic E-state index is 0.981. The molecule has 0 saturated carbocycles. The van der Waals surface area contributed by atoms with E-state index in [-0.39, 0.29) is 0 Å². The van der Waals surface area contributed by atoms with Gasteiger partial charge in [0.05, 0.1) is 0 Å². The average Bonchev–Trinajstić information content (AvgIpc) is 3.12. The zero-order valence-electron chi connectivity index (χ0n) is 15.7. The van der Waals surface area contributed by atoms with Crippen molar-refractivity contribution in [2.45, 2.75) is 12.8 Å². The van der Waals surface area contributed by atoms with Gasteiger partial charge >= 0.3 is 0 Å². The molecule has 0 heterocycles. The molecule has 0 heteroatoms. The van der Waals surface area contributed by atoms with Crippen LogP contribution in [0.25, 0.3) is 32.7 Å². The molecule has 0 radical (unpaired) electrons. The highest BCUT2D eigenvalue weighted by atomic mass is 14.3. The Bertz CT molecular complexity index is 1340. The van der Waals surface area contributed by atoms with Crippen molar-refractivity contribution in [3.05, 3.63) is 119 Å². The number of rotatable bonds is 2. The van der Waals surface area contributed by atoms with Gasteiger partial charge in [0.15, 0.2) is 0 Å². The topological polar surface area (TPSA) is 0 Å². The summed E-state index contributed by atoms with van der Waals surface area (Å²) in [6, 6.07) is 35.7. The molecule has 0 aromatic heterocycles. The fourth-order valence-electron chi connectivity index (χ4n) is 4.75. The molecule has 5 aromatic rings. The highest BCUT2D eigenvalue weighted by Crippen LogP contribution is 2.44. The van der Waals surface area contributed by atoms with E-state index in [9.17, 15) is 0 Å². The fraction of sp³-hybridized carbons (Fsp3) is 0.0714. The van der Waals surface area contributed by atoms with E-state index in [1.807, 2.05) is 0 Å². The third-order valence-corrected chi connectivity index (χ3v) is 6.07. The summed E-state index contributed by atoms with van der Waals surface area (Å²) >= 11 is 0. The molecule has 0 unspecified atom stereocenters. The van der Waals surface area contributed by atoms with Gasteiger partial charge in [-0.1, -0.05) is 97.1 Å². The van der Waals surface area contributed by atoms with Crippen LogP contribution in [0.3, 0.4) is 0 Å². The first kappa shape index (κ1) is 15.7. The molecule has 28 heavy (non-hydrogen) atoms. The SMILES string of the molecule is c1ccc(Cc2ccc3c(c2)-c2c(ccc4ccc5ccccc5c24)C3)cc1. The lowest BCUT2D eigenvalue weighted by Crippen LogP contribution is -1.90. The summed E-state index contributed by atoms with van der Waals surface area (Å²) in [5, 5.41) is 5.42. The largest absolute Gasteiger partial charge is 0.0622 e. The van der Waals surface area contributed by atoms with Gasteiger partial charge in [-0.25, -0.2) is 0 Å². The van der Waals surface area contributed by atoms with Gasteiger partial charge in [-0.3, -0.25) is 0 Å². The van der Waals surface area contributed by atoms with Crippen molar-refractivity contribution in [2.75, 3.05) is 0 Å². The van der Waals surface area contributed by atoms with Gasteiger partial charge in [-0.05, 0) is 67.8 Å². The maximum Gasteiger partial charge on any atom is -0.00132 e. The second kappa shape index (κ2) is 6.07. The van der Waals surface area contributed by atoms with E-state index >= 15 is 0 Å². The van der Waals surface area contributed by atoms with Crippen LogP contribution in [0.4, 0.5) is 0 Å². The van der Waals surface area contributed by atoms with E-state index in [0.29, 0.717) is 0 Å². The van der Waals surface area contributed by atoms with Crippen LogP contribution in [0.2, 0.25) is 0 Å². The fourth-order valence-corrected chi connectivity index (χ4v) is 4.75. The highest BCUT2D eigenvalue weighted by Gasteiger charge is 2.22. The Morgan fingerprint density at radius 3 is 2.25 bits per heavy atom. The monoisotopic (exact) mass is 356 g/mol. The lowest BCUT2D eigenvalue weighted by molar-refractivity contribution is 1.18. The molecule has 0 amide bonds. The van der Waals surface area contributed by atoms with Crippen LogP contribution in [0.15, 0.2) is 97.1 Å². The summed E-state index contributed by atoms with van der Waals surface area (Å²) in [4.78, 5) is 0. The molecule has 0 aliphatic heterocycles. The molecule has 0 saturated heterocycles. The zero-order valence-corrected chi connectivity index (χ0v) is 15.7. The second-order valence-electron chi connectivity index (χ2n) is 7.82. The van der Waals surface area contributed by atoms with Gasteiger partial charge in [0.25, 0.3) is 0 Å². The van der Waals surface area contributed by atoms with Crippen LogP contribution in [0, 0.1) is 0 Å². The van der Waals surface area contributed by atoms with Gasteiger partial charge < -0.3 is 0 Å². The van der Waals surface area contributed by atoms with Crippen LogP contribution in [-0.2, 0) is 12.8 Å². The van der Waals surface area contributed by atoms with E-state index in [4.69, 9.17) is 0 Å². The van der Waals surface area contributed by atoms with Crippen molar-refractivity contribution in [2.24, 2.45) is 0 Å². The molecule has 6 rings (SSSR count). The second-order valence-corrected chi connectivity index (χ2v) is 7.82. The molecular weight excluding hydrogens is 336 g/mol. The number of hydrogen-bond donors (Lipinski definition) is 0. The summed E-state index contributed by atoms with van der Waals surface area (Å²) in [6.45, 7) is 0. The van der Waals surface area contributed by atoms with E-state index in [0.717, 1.165) is 12.8 Å². The van der Waals surface area contributed by atoms with Crippen molar-refractivity contribution < 1.29 is 0 Å². The Balaban J connectivity index is 1.59. The normalized spacial score (nSPS) is 12.3. The van der Waals surface area contributed by atoms with Crippen molar-refractivity contribution in [3.8, 4) is 11.1 Å². The Labute approximate surface area is 165 Å². The summed E-state index contributed by atoms with van der Waals surface area (Å²) in [5.74, 6) is 0. The lowest BCUT2D eigenvalue weighted by Gasteiger charge is -2.11. The van der Waals surface area contributed by atoms with Crippen LogP contribution >= 0.6 is 0 Å². The van der Waals surface area contributed by atoms with E-state index in [1.165, 1.54) is 54.9 Å². The third kappa shape index (κ3) is 2.38. The van der Waals surface area contributed by atoms with Crippen LogP contribution < -0.4 is 0 Å². The predicted molar refractivity (Wildman–Crippen MR) is 119 cm³/mol. The van der Waals surface area contributed by atoms with Gasteiger partial charge in [-0.15, -0.1) is 0 Å². The third-order valence-electron chi connectivity index (χ3n) is 6.07. The minimum atomic E-state index is 0.981. The lowest BCUT2D eigenvalue weighted by atomic mass is 9.92. The van der Waals surface area contributed by atoms with Crippen LogP contribution in [-0.4, -0.2) is 0 Å². The smallest absolute Gasteiger partial charge is 0.00132 e. The molecule has 132 valence electrons. The Kier molecular flexibility index (Phi) is 3.39. The van der Waals surface area contributed by atoms with Gasteiger partial charge in [0, 0.05) is 0 Å². The van der Waals surface area contributed by atoms with Crippen LogP contribution in [0.5, 0.6) is 0 Å². The Hall–Kier alpha value is -3.38. The van der Waals surface area contributed by atoms with Crippen LogP contribution in [0.1, 0.15) is 22.3 Å². The molecule has 0 atom stereocenters. The standard InChI is InChI=1S/C28H20/c1-2-6-19(7-3-1)16-20-10-11-23-18-24-15-14-22-13-12-21-8-4-5-9-25(21)27(22)28(24)26(23)17-20/h1-15,17H,16,18H2.